The van der Waals surface area contributed by atoms with Gasteiger partial charge < -0.3 is 19.3 Å². The summed E-state index contributed by atoms with van der Waals surface area (Å²) >= 11 is 1.72. The number of hydrogen-bond donors (Lipinski definition) is 2. The van der Waals surface area contributed by atoms with Crippen molar-refractivity contribution < 1.29 is 14.7 Å². The molecule has 4 rings (SSSR count). The second-order valence-electron chi connectivity index (χ2n) is 6.78. The molecule has 0 radical (unpaired) electrons. The first-order valence-corrected chi connectivity index (χ1v) is 9.77. The highest BCUT2D eigenvalue weighted by Gasteiger charge is 2.28. The molecule has 1 aromatic carbocycles. The highest BCUT2D eigenvalue weighted by Crippen LogP contribution is 2.26. The number of nitrogens with zero attached hydrogens (tertiary/aromatic N) is 2. The number of benzene rings is 1. The van der Waals surface area contributed by atoms with Crippen LogP contribution in [0.3, 0.4) is 0 Å². The van der Waals surface area contributed by atoms with Gasteiger partial charge in [0.2, 0.25) is 0 Å². The predicted octanol–water partition coefficient (Wildman–Crippen LogP) is 1.83. The molecular weight excluding hydrogens is 346 g/mol. The molecule has 0 aliphatic carbocycles. The summed E-state index contributed by atoms with van der Waals surface area (Å²) in [5, 5.41) is 12.7. The van der Waals surface area contributed by atoms with E-state index in [9.17, 15) is 5.11 Å². The number of fused-ring (bicyclic) bond motifs is 1. The highest BCUT2D eigenvalue weighted by molar-refractivity contribution is 7.13. The molecule has 0 bridgehead atoms. The molecule has 3 aromatic rings. The fourth-order valence-electron chi connectivity index (χ4n) is 3.65. The maximum absolute atomic E-state index is 10.6. The van der Waals surface area contributed by atoms with E-state index in [1.54, 1.807) is 18.4 Å². The molecule has 1 aliphatic heterocycles. The molecule has 5 nitrogen and oxygen atoms in total. The number of aliphatic hydroxyl groups excluding tert-OH is 1. The summed E-state index contributed by atoms with van der Waals surface area (Å²) in [4.78, 5) is 7.47. The second-order valence-corrected chi connectivity index (χ2v) is 7.73. The topological polar surface area (TPSA) is 51.7 Å². The zero-order valence-corrected chi connectivity index (χ0v) is 15.9. The molecule has 2 N–H and O–H groups in total. The van der Waals surface area contributed by atoms with Gasteiger partial charge in [0.1, 0.15) is 30.8 Å². The number of hydrogen-bond acceptors (Lipinski definition) is 4. The number of aromatic nitrogens is 2. The molecule has 2 aromatic heterocycles. The molecule has 26 heavy (non-hydrogen) atoms. The lowest BCUT2D eigenvalue weighted by Crippen LogP contribution is -3.12. The minimum absolute atomic E-state index is 0.470. The summed E-state index contributed by atoms with van der Waals surface area (Å²) in [6, 6.07) is 11.9. The van der Waals surface area contributed by atoms with Crippen molar-refractivity contribution in [2.45, 2.75) is 19.1 Å². The van der Waals surface area contributed by atoms with Gasteiger partial charge in [-0.1, -0.05) is 18.2 Å². The number of imidazole rings is 1. The van der Waals surface area contributed by atoms with Crippen molar-refractivity contribution >= 4 is 11.3 Å². The van der Waals surface area contributed by atoms with Crippen LogP contribution >= 0.6 is 11.3 Å². The van der Waals surface area contributed by atoms with Gasteiger partial charge in [-0.15, -0.1) is 11.3 Å². The Morgan fingerprint density at radius 3 is 2.81 bits per heavy atom. The van der Waals surface area contributed by atoms with Crippen LogP contribution in [0.5, 0.6) is 5.75 Å². The Morgan fingerprint density at radius 2 is 2.12 bits per heavy atom. The number of aliphatic hydroxyl groups is 1. The van der Waals surface area contributed by atoms with Crippen molar-refractivity contribution in [3.05, 3.63) is 58.7 Å². The largest absolute Gasteiger partial charge is 0.497 e. The first-order valence-electron chi connectivity index (χ1n) is 8.89. The zero-order chi connectivity index (χ0) is 18.1. The van der Waals surface area contributed by atoms with Crippen LogP contribution in [0, 0.1) is 0 Å². The van der Waals surface area contributed by atoms with E-state index in [-0.39, 0.29) is 0 Å². The van der Waals surface area contributed by atoms with E-state index >= 15 is 0 Å². The van der Waals surface area contributed by atoms with Crippen LogP contribution in [0.2, 0.25) is 0 Å². The summed E-state index contributed by atoms with van der Waals surface area (Å²) in [5.74, 6) is 1.87. The number of rotatable bonds is 5. The molecule has 1 aliphatic rings. The van der Waals surface area contributed by atoms with E-state index in [0.717, 1.165) is 36.6 Å². The van der Waals surface area contributed by atoms with Gasteiger partial charge in [-0.25, -0.2) is 4.98 Å². The summed E-state index contributed by atoms with van der Waals surface area (Å²) in [5.41, 5.74) is 3.43. The van der Waals surface area contributed by atoms with E-state index in [1.807, 2.05) is 24.3 Å². The first kappa shape index (κ1) is 17.3. The van der Waals surface area contributed by atoms with E-state index in [0.29, 0.717) is 6.54 Å². The Kier molecular flexibility index (Phi) is 4.80. The molecule has 136 valence electrons. The fraction of sp³-hybridized carbons (Fsp3) is 0.350. The summed E-state index contributed by atoms with van der Waals surface area (Å²) in [6.45, 7) is 2.60. The smallest absolute Gasteiger partial charge is 0.150 e. The molecule has 1 unspecified atom stereocenters. The van der Waals surface area contributed by atoms with E-state index in [1.165, 1.54) is 21.2 Å². The van der Waals surface area contributed by atoms with Gasteiger partial charge in [0.15, 0.2) is 0 Å². The molecule has 0 saturated carbocycles. The van der Waals surface area contributed by atoms with Crippen LogP contribution in [-0.4, -0.2) is 34.9 Å². The fourth-order valence-corrected chi connectivity index (χ4v) is 4.40. The first-order chi connectivity index (χ1) is 12.7. The number of nitrogens with one attached hydrogen (secondary N) is 1. The second kappa shape index (κ2) is 7.23. The van der Waals surface area contributed by atoms with Crippen LogP contribution in [-0.2, 0) is 20.0 Å². The van der Waals surface area contributed by atoms with Crippen molar-refractivity contribution in [1.82, 2.24) is 9.55 Å². The highest BCUT2D eigenvalue weighted by atomic mass is 32.1. The van der Waals surface area contributed by atoms with Crippen molar-refractivity contribution in [2.75, 3.05) is 20.2 Å². The van der Waals surface area contributed by atoms with Crippen molar-refractivity contribution in [3.8, 4) is 16.5 Å². The lowest BCUT2D eigenvalue weighted by Gasteiger charge is -2.26. The minimum atomic E-state index is -0.470. The van der Waals surface area contributed by atoms with Gasteiger partial charge in [0.25, 0.3) is 0 Å². The minimum Gasteiger partial charge on any atom is -0.497 e. The van der Waals surface area contributed by atoms with Gasteiger partial charge in [0, 0.05) is 13.5 Å². The van der Waals surface area contributed by atoms with Crippen LogP contribution in [0.25, 0.3) is 10.7 Å². The Hall–Kier alpha value is -2.15. The van der Waals surface area contributed by atoms with Gasteiger partial charge in [-0.05, 0) is 29.1 Å². The number of quaternary nitrogens is 1. The van der Waals surface area contributed by atoms with E-state index in [4.69, 9.17) is 9.72 Å². The van der Waals surface area contributed by atoms with Crippen LogP contribution < -0.4 is 9.64 Å². The lowest BCUT2D eigenvalue weighted by atomic mass is 10.1. The molecule has 0 saturated heterocycles. The van der Waals surface area contributed by atoms with Gasteiger partial charge in [0.05, 0.1) is 29.9 Å². The van der Waals surface area contributed by atoms with Crippen molar-refractivity contribution in [3.63, 3.8) is 0 Å². The summed E-state index contributed by atoms with van der Waals surface area (Å²) in [6.07, 6.45) is 0.488. The molecule has 2 atom stereocenters. The Morgan fingerprint density at radius 1 is 1.31 bits per heavy atom. The van der Waals surface area contributed by atoms with Gasteiger partial charge >= 0.3 is 0 Å². The molecule has 0 spiro atoms. The average Bonchev–Trinajstić information content (AvgIpc) is 3.30. The molecular formula is C20H24N3O2S+. The summed E-state index contributed by atoms with van der Waals surface area (Å²) < 4.78 is 7.41. The maximum atomic E-state index is 10.6. The third-order valence-corrected chi connectivity index (χ3v) is 6.02. The predicted molar refractivity (Wildman–Crippen MR) is 103 cm³/mol. The number of thiophene rings is 1. The lowest BCUT2D eigenvalue weighted by molar-refractivity contribution is -0.920. The van der Waals surface area contributed by atoms with Crippen molar-refractivity contribution in [1.29, 1.82) is 0 Å². The average molecular weight is 370 g/mol. The third-order valence-electron chi connectivity index (χ3n) is 5.15. The van der Waals surface area contributed by atoms with E-state index in [2.05, 4.69) is 29.1 Å². The quantitative estimate of drug-likeness (QED) is 0.721. The van der Waals surface area contributed by atoms with Gasteiger partial charge in [-0.3, -0.25) is 0 Å². The van der Waals surface area contributed by atoms with Gasteiger partial charge in [-0.2, -0.15) is 0 Å². The third kappa shape index (κ3) is 3.28. The van der Waals surface area contributed by atoms with Crippen LogP contribution in [0.1, 0.15) is 23.1 Å². The monoisotopic (exact) mass is 370 g/mol. The number of ether oxygens (including phenoxy) is 1. The van der Waals surface area contributed by atoms with Crippen LogP contribution in [0.15, 0.2) is 41.8 Å². The number of methoxy groups -OCH3 is 1. The molecule has 6 heteroatoms. The van der Waals surface area contributed by atoms with E-state index < -0.39 is 6.10 Å². The normalized spacial score (nSPS) is 17.7. The Balaban J connectivity index is 1.48. The standard InChI is InChI=1S/C20H23N3O2S/c1-22-17-12-23(13-18(24)14-5-7-15(25-2)8-6-14)10-9-16(17)21-20(22)19-4-3-11-26-19/h3-8,11,18,24H,9-10,12-13H2,1-2H3/p+1/t18-/m1/s1. The molecule has 0 fully saturated rings. The molecule has 0 amide bonds. The Labute approximate surface area is 157 Å². The molecule has 3 heterocycles. The maximum Gasteiger partial charge on any atom is 0.150 e. The van der Waals surface area contributed by atoms with Crippen LogP contribution in [0.4, 0.5) is 0 Å². The Bertz CT molecular complexity index is 871. The summed E-state index contributed by atoms with van der Waals surface area (Å²) in [7, 11) is 3.75. The zero-order valence-electron chi connectivity index (χ0n) is 15.1. The van der Waals surface area contributed by atoms with Crippen molar-refractivity contribution in [2.24, 2.45) is 7.05 Å². The SMILES string of the molecule is COc1ccc([C@H](O)C[NH+]2CCc3nc(-c4cccs4)n(C)c3C2)cc1.